The number of benzene rings is 1. The molecule has 0 aliphatic carbocycles. The SMILES string of the molecule is CC(C)NC(N)=NCc1ccc([N+](=O)[O-])cc1. The summed E-state index contributed by atoms with van der Waals surface area (Å²) >= 11 is 0. The molecule has 0 heterocycles. The van der Waals surface area contributed by atoms with Crippen molar-refractivity contribution in [3.8, 4) is 0 Å². The van der Waals surface area contributed by atoms with E-state index in [9.17, 15) is 10.1 Å². The number of nitrogens with two attached hydrogens (primary N) is 1. The quantitative estimate of drug-likeness (QED) is 0.357. The molecule has 6 nitrogen and oxygen atoms in total. The van der Waals surface area contributed by atoms with Gasteiger partial charge in [0, 0.05) is 18.2 Å². The third-order valence-electron chi connectivity index (χ3n) is 2.02. The predicted octanol–water partition coefficient (Wildman–Crippen LogP) is 1.41. The number of non-ortho nitro benzene ring substituents is 1. The van der Waals surface area contributed by atoms with Crippen molar-refractivity contribution in [1.82, 2.24) is 5.32 Å². The summed E-state index contributed by atoms with van der Waals surface area (Å²) in [5.74, 6) is 0.373. The highest BCUT2D eigenvalue weighted by molar-refractivity contribution is 5.78. The van der Waals surface area contributed by atoms with E-state index in [0.29, 0.717) is 12.5 Å². The lowest BCUT2D eigenvalue weighted by Crippen LogP contribution is -2.36. The van der Waals surface area contributed by atoms with Gasteiger partial charge in [-0.25, -0.2) is 4.99 Å². The van der Waals surface area contributed by atoms with Gasteiger partial charge in [-0.15, -0.1) is 0 Å². The zero-order chi connectivity index (χ0) is 12.8. The summed E-state index contributed by atoms with van der Waals surface area (Å²) < 4.78 is 0. The number of nitrogens with one attached hydrogen (secondary N) is 1. The Labute approximate surface area is 99.7 Å². The van der Waals surface area contributed by atoms with E-state index < -0.39 is 4.92 Å². The van der Waals surface area contributed by atoms with Crippen LogP contribution < -0.4 is 11.1 Å². The molecule has 0 fully saturated rings. The molecule has 0 amide bonds. The Kier molecular flexibility index (Phi) is 4.45. The zero-order valence-corrected chi connectivity index (χ0v) is 9.88. The fourth-order valence-electron chi connectivity index (χ4n) is 1.24. The Morgan fingerprint density at radius 2 is 2.06 bits per heavy atom. The Bertz CT molecular complexity index is 412. The Morgan fingerprint density at radius 3 is 2.53 bits per heavy atom. The van der Waals surface area contributed by atoms with E-state index in [0.717, 1.165) is 5.56 Å². The number of hydrogen-bond acceptors (Lipinski definition) is 3. The van der Waals surface area contributed by atoms with Gasteiger partial charge in [0.15, 0.2) is 5.96 Å². The van der Waals surface area contributed by atoms with Crippen LogP contribution in [-0.4, -0.2) is 16.9 Å². The smallest absolute Gasteiger partial charge is 0.269 e. The summed E-state index contributed by atoms with van der Waals surface area (Å²) in [6.07, 6.45) is 0. The van der Waals surface area contributed by atoms with Crippen LogP contribution in [0, 0.1) is 10.1 Å². The molecule has 1 rings (SSSR count). The second kappa shape index (κ2) is 5.83. The summed E-state index contributed by atoms with van der Waals surface area (Å²) in [5, 5.41) is 13.4. The number of aliphatic imine (C=N–C) groups is 1. The van der Waals surface area contributed by atoms with Gasteiger partial charge < -0.3 is 11.1 Å². The minimum atomic E-state index is -0.429. The molecule has 0 saturated carbocycles. The molecule has 0 atom stereocenters. The summed E-state index contributed by atoms with van der Waals surface area (Å²) in [5.41, 5.74) is 6.59. The van der Waals surface area contributed by atoms with Crippen molar-refractivity contribution in [3.63, 3.8) is 0 Å². The van der Waals surface area contributed by atoms with E-state index in [2.05, 4.69) is 10.3 Å². The van der Waals surface area contributed by atoms with Crippen LogP contribution in [0.5, 0.6) is 0 Å². The van der Waals surface area contributed by atoms with Gasteiger partial charge >= 0.3 is 0 Å². The maximum absolute atomic E-state index is 10.4. The number of nitrogens with zero attached hydrogens (tertiary/aromatic N) is 2. The van der Waals surface area contributed by atoms with Crippen molar-refractivity contribution in [1.29, 1.82) is 0 Å². The third-order valence-corrected chi connectivity index (χ3v) is 2.02. The van der Waals surface area contributed by atoms with Crippen LogP contribution in [0.25, 0.3) is 0 Å². The average Bonchev–Trinajstić information content (AvgIpc) is 2.26. The Balaban J connectivity index is 2.60. The van der Waals surface area contributed by atoms with Gasteiger partial charge in [0.1, 0.15) is 0 Å². The van der Waals surface area contributed by atoms with E-state index >= 15 is 0 Å². The summed E-state index contributed by atoms with van der Waals surface area (Å²) in [7, 11) is 0. The summed E-state index contributed by atoms with van der Waals surface area (Å²) in [4.78, 5) is 14.1. The van der Waals surface area contributed by atoms with Crippen molar-refractivity contribution in [3.05, 3.63) is 39.9 Å². The van der Waals surface area contributed by atoms with Crippen molar-refractivity contribution in [2.24, 2.45) is 10.7 Å². The fraction of sp³-hybridized carbons (Fsp3) is 0.364. The number of rotatable bonds is 4. The normalized spacial score (nSPS) is 11.6. The van der Waals surface area contributed by atoms with Crippen LogP contribution in [0.1, 0.15) is 19.4 Å². The lowest BCUT2D eigenvalue weighted by Gasteiger charge is -2.08. The molecule has 0 saturated heterocycles. The first-order chi connectivity index (χ1) is 7.99. The first-order valence-electron chi connectivity index (χ1n) is 5.29. The molecule has 3 N–H and O–H groups in total. The summed E-state index contributed by atoms with van der Waals surface area (Å²) in [6, 6.07) is 6.48. The van der Waals surface area contributed by atoms with Crippen molar-refractivity contribution in [2.45, 2.75) is 26.4 Å². The molecule has 1 aromatic rings. The van der Waals surface area contributed by atoms with Gasteiger partial charge in [-0.2, -0.15) is 0 Å². The van der Waals surface area contributed by atoms with Crippen molar-refractivity contribution < 1.29 is 4.92 Å². The topological polar surface area (TPSA) is 93.5 Å². The summed E-state index contributed by atoms with van der Waals surface area (Å²) in [6.45, 7) is 4.34. The maximum atomic E-state index is 10.4. The van der Waals surface area contributed by atoms with Crippen LogP contribution >= 0.6 is 0 Å². The van der Waals surface area contributed by atoms with Crippen LogP contribution in [0.15, 0.2) is 29.3 Å². The zero-order valence-electron chi connectivity index (χ0n) is 9.88. The standard InChI is InChI=1S/C11H16N4O2/c1-8(2)14-11(12)13-7-9-3-5-10(6-4-9)15(16)17/h3-6,8H,7H2,1-2H3,(H3,12,13,14). The molecule has 0 aliphatic rings. The highest BCUT2D eigenvalue weighted by atomic mass is 16.6. The second-order valence-electron chi connectivity index (χ2n) is 3.92. The van der Waals surface area contributed by atoms with Gasteiger partial charge in [-0.3, -0.25) is 10.1 Å². The molecule has 0 aromatic heterocycles. The highest BCUT2D eigenvalue weighted by Crippen LogP contribution is 2.12. The van der Waals surface area contributed by atoms with E-state index in [-0.39, 0.29) is 11.7 Å². The molecule has 0 unspecified atom stereocenters. The molecular weight excluding hydrogens is 220 g/mol. The molecule has 0 aliphatic heterocycles. The number of nitro groups is 1. The van der Waals surface area contributed by atoms with Crippen molar-refractivity contribution in [2.75, 3.05) is 0 Å². The minimum Gasteiger partial charge on any atom is -0.370 e. The lowest BCUT2D eigenvalue weighted by atomic mass is 10.2. The molecular formula is C11H16N4O2. The first-order valence-corrected chi connectivity index (χ1v) is 5.29. The van der Waals surface area contributed by atoms with E-state index in [1.54, 1.807) is 12.1 Å². The minimum absolute atomic E-state index is 0.0750. The van der Waals surface area contributed by atoms with Crippen LogP contribution in [0.2, 0.25) is 0 Å². The molecule has 92 valence electrons. The van der Waals surface area contributed by atoms with Gasteiger partial charge in [0.2, 0.25) is 0 Å². The van der Waals surface area contributed by atoms with E-state index in [1.807, 2.05) is 13.8 Å². The Hall–Kier alpha value is -2.11. The largest absolute Gasteiger partial charge is 0.370 e. The van der Waals surface area contributed by atoms with Crippen LogP contribution in [0.4, 0.5) is 5.69 Å². The van der Waals surface area contributed by atoms with Crippen LogP contribution in [0.3, 0.4) is 0 Å². The molecule has 0 bridgehead atoms. The van der Waals surface area contributed by atoms with Gasteiger partial charge in [-0.1, -0.05) is 12.1 Å². The first kappa shape index (κ1) is 13.0. The highest BCUT2D eigenvalue weighted by Gasteiger charge is 2.03. The van der Waals surface area contributed by atoms with Crippen molar-refractivity contribution >= 4 is 11.6 Å². The predicted molar refractivity (Wildman–Crippen MR) is 66.7 cm³/mol. The monoisotopic (exact) mass is 236 g/mol. The van der Waals surface area contributed by atoms with E-state index in [4.69, 9.17) is 5.73 Å². The average molecular weight is 236 g/mol. The molecule has 6 heteroatoms. The maximum Gasteiger partial charge on any atom is 0.269 e. The second-order valence-corrected chi connectivity index (χ2v) is 3.92. The van der Waals surface area contributed by atoms with E-state index in [1.165, 1.54) is 12.1 Å². The van der Waals surface area contributed by atoms with Gasteiger partial charge in [-0.05, 0) is 19.4 Å². The molecule has 0 radical (unpaired) electrons. The third kappa shape index (κ3) is 4.50. The fourth-order valence-corrected chi connectivity index (χ4v) is 1.24. The number of guanidine groups is 1. The van der Waals surface area contributed by atoms with Gasteiger partial charge in [0.25, 0.3) is 5.69 Å². The number of nitro benzene ring substituents is 1. The lowest BCUT2D eigenvalue weighted by molar-refractivity contribution is -0.384. The Morgan fingerprint density at radius 1 is 1.47 bits per heavy atom. The van der Waals surface area contributed by atoms with Crippen LogP contribution in [-0.2, 0) is 6.54 Å². The molecule has 1 aromatic carbocycles. The molecule has 0 spiro atoms. The number of hydrogen-bond donors (Lipinski definition) is 2. The van der Waals surface area contributed by atoms with Gasteiger partial charge in [0.05, 0.1) is 11.5 Å². The molecule has 17 heavy (non-hydrogen) atoms.